The molecule has 1 heterocycles. The molecule has 1 unspecified atom stereocenters. The van der Waals surface area contributed by atoms with E-state index in [4.69, 9.17) is 9.84 Å². The topological polar surface area (TPSA) is 49.8 Å². The number of alkyl halides is 4. The summed E-state index contributed by atoms with van der Waals surface area (Å²) in [6, 6.07) is -0.995. The maximum atomic E-state index is 12.8. The van der Waals surface area contributed by atoms with Gasteiger partial charge in [0.25, 0.3) is 5.91 Å². The van der Waals surface area contributed by atoms with Crippen LogP contribution >= 0.6 is 0 Å². The summed E-state index contributed by atoms with van der Waals surface area (Å²) < 4.78 is 54.3. The molecule has 0 aromatic carbocycles. The van der Waals surface area contributed by atoms with Gasteiger partial charge in [-0.1, -0.05) is 0 Å². The molecule has 0 aromatic rings. The summed E-state index contributed by atoms with van der Waals surface area (Å²) in [5, 5.41) is 8.81. The van der Waals surface area contributed by atoms with Crippen LogP contribution in [-0.2, 0) is 9.53 Å². The second-order valence-electron chi connectivity index (χ2n) is 3.33. The molecule has 1 saturated heterocycles. The first-order valence-electron chi connectivity index (χ1n) is 4.57. The molecule has 4 nitrogen and oxygen atoms in total. The summed E-state index contributed by atoms with van der Waals surface area (Å²) in [6.45, 7) is -0.986. The summed E-state index contributed by atoms with van der Waals surface area (Å²) >= 11 is 0. The van der Waals surface area contributed by atoms with Crippen LogP contribution in [0.15, 0.2) is 0 Å². The first kappa shape index (κ1) is 13.2. The number of hydrogen-bond donors (Lipinski definition) is 1. The number of morpholine rings is 1. The van der Waals surface area contributed by atoms with Crippen molar-refractivity contribution in [2.45, 2.75) is 18.4 Å². The van der Waals surface area contributed by atoms with Gasteiger partial charge in [-0.05, 0) is 0 Å². The van der Waals surface area contributed by atoms with Crippen molar-refractivity contribution in [2.24, 2.45) is 0 Å². The van der Waals surface area contributed by atoms with Crippen molar-refractivity contribution in [3.63, 3.8) is 0 Å². The van der Waals surface area contributed by atoms with E-state index < -0.39 is 30.9 Å². The fourth-order valence-corrected chi connectivity index (χ4v) is 1.36. The number of nitrogens with zero attached hydrogens (tertiary/aromatic N) is 1. The number of carbonyl (C=O) groups excluding carboxylic acids is 1. The summed E-state index contributed by atoms with van der Waals surface area (Å²) in [7, 11) is 0. The van der Waals surface area contributed by atoms with Gasteiger partial charge in [0.2, 0.25) is 0 Å². The fourth-order valence-electron chi connectivity index (χ4n) is 1.36. The van der Waals surface area contributed by atoms with Crippen molar-refractivity contribution in [3.05, 3.63) is 0 Å². The Morgan fingerprint density at radius 2 is 2.19 bits per heavy atom. The average Bonchev–Trinajstić information content (AvgIpc) is 2.27. The lowest BCUT2D eigenvalue weighted by Gasteiger charge is -2.36. The van der Waals surface area contributed by atoms with Crippen molar-refractivity contribution in [1.29, 1.82) is 0 Å². The molecule has 1 atom stereocenters. The van der Waals surface area contributed by atoms with Gasteiger partial charge < -0.3 is 14.7 Å². The van der Waals surface area contributed by atoms with Crippen LogP contribution in [0.1, 0.15) is 0 Å². The molecule has 0 saturated carbocycles. The molecule has 8 heteroatoms. The SMILES string of the molecule is O=C(N1CCOCC1CO)C(F)(F)C(F)F. The summed E-state index contributed by atoms with van der Waals surface area (Å²) in [5.41, 5.74) is 0. The number of aliphatic hydroxyl groups excluding tert-OH is 1. The molecule has 16 heavy (non-hydrogen) atoms. The monoisotopic (exact) mass is 245 g/mol. The molecular formula is C8H11F4NO3. The normalized spacial score (nSPS) is 22.6. The molecule has 1 amide bonds. The predicted octanol–water partition coefficient (Wildman–Crippen LogP) is 0.106. The number of hydrogen-bond acceptors (Lipinski definition) is 3. The molecule has 1 aliphatic heterocycles. The third kappa shape index (κ3) is 2.43. The highest BCUT2D eigenvalue weighted by molar-refractivity contribution is 5.84. The summed E-state index contributed by atoms with van der Waals surface area (Å²) in [5.74, 6) is -6.69. The molecule has 0 bridgehead atoms. The second-order valence-corrected chi connectivity index (χ2v) is 3.33. The van der Waals surface area contributed by atoms with E-state index in [1.54, 1.807) is 0 Å². The highest BCUT2D eigenvalue weighted by Gasteiger charge is 2.52. The van der Waals surface area contributed by atoms with Crippen LogP contribution < -0.4 is 0 Å². The Morgan fingerprint density at radius 3 is 2.69 bits per heavy atom. The minimum atomic E-state index is -4.72. The van der Waals surface area contributed by atoms with Gasteiger partial charge in [0.1, 0.15) is 0 Å². The highest BCUT2D eigenvalue weighted by atomic mass is 19.3. The van der Waals surface area contributed by atoms with Crippen LogP contribution in [0.25, 0.3) is 0 Å². The molecule has 0 aromatic heterocycles. The Hall–Kier alpha value is -0.890. The van der Waals surface area contributed by atoms with E-state index in [0.717, 1.165) is 0 Å². The number of aliphatic hydroxyl groups is 1. The van der Waals surface area contributed by atoms with Crippen molar-refractivity contribution in [2.75, 3.05) is 26.4 Å². The Labute approximate surface area is 88.8 Å². The van der Waals surface area contributed by atoms with Crippen molar-refractivity contribution < 1.29 is 32.2 Å². The van der Waals surface area contributed by atoms with Crippen LogP contribution in [0.3, 0.4) is 0 Å². The van der Waals surface area contributed by atoms with E-state index in [0.29, 0.717) is 4.90 Å². The third-order valence-corrected chi connectivity index (χ3v) is 2.26. The quantitative estimate of drug-likeness (QED) is 0.718. The van der Waals surface area contributed by atoms with Crippen molar-refractivity contribution >= 4 is 5.91 Å². The lowest BCUT2D eigenvalue weighted by molar-refractivity contribution is -0.188. The molecule has 1 N–H and O–H groups in total. The molecule has 94 valence electrons. The first-order chi connectivity index (χ1) is 7.41. The minimum absolute atomic E-state index is 0.0123. The van der Waals surface area contributed by atoms with E-state index >= 15 is 0 Å². The lowest BCUT2D eigenvalue weighted by atomic mass is 10.2. The van der Waals surface area contributed by atoms with Gasteiger partial charge in [-0.15, -0.1) is 0 Å². The molecule has 1 rings (SSSR count). The van der Waals surface area contributed by atoms with Gasteiger partial charge in [0, 0.05) is 6.54 Å². The Bertz CT molecular complexity index is 262. The van der Waals surface area contributed by atoms with Gasteiger partial charge >= 0.3 is 12.3 Å². The molecular weight excluding hydrogens is 234 g/mol. The van der Waals surface area contributed by atoms with Gasteiger partial charge in [0.05, 0.1) is 25.9 Å². The maximum Gasteiger partial charge on any atom is 0.383 e. The zero-order valence-corrected chi connectivity index (χ0v) is 8.21. The number of halogens is 4. The number of rotatable bonds is 3. The Morgan fingerprint density at radius 1 is 1.56 bits per heavy atom. The molecule has 0 aliphatic carbocycles. The van der Waals surface area contributed by atoms with Gasteiger partial charge in [-0.25, -0.2) is 8.78 Å². The van der Waals surface area contributed by atoms with Crippen LogP contribution in [0.4, 0.5) is 17.6 Å². The maximum absolute atomic E-state index is 12.8. The largest absolute Gasteiger partial charge is 0.394 e. The lowest BCUT2D eigenvalue weighted by Crippen LogP contribution is -2.57. The minimum Gasteiger partial charge on any atom is -0.394 e. The van der Waals surface area contributed by atoms with Gasteiger partial charge in [-0.2, -0.15) is 8.78 Å². The molecule has 1 fully saturated rings. The molecule has 1 aliphatic rings. The van der Waals surface area contributed by atoms with Crippen LogP contribution in [0.2, 0.25) is 0 Å². The van der Waals surface area contributed by atoms with Crippen LogP contribution in [0.5, 0.6) is 0 Å². The second kappa shape index (κ2) is 4.96. The zero-order chi connectivity index (χ0) is 12.3. The van der Waals surface area contributed by atoms with E-state index in [1.165, 1.54) is 0 Å². The predicted molar refractivity (Wildman–Crippen MR) is 44.4 cm³/mol. The third-order valence-electron chi connectivity index (χ3n) is 2.26. The van der Waals surface area contributed by atoms with Crippen LogP contribution in [0, 0.1) is 0 Å². The van der Waals surface area contributed by atoms with Gasteiger partial charge in [0.15, 0.2) is 0 Å². The van der Waals surface area contributed by atoms with Crippen molar-refractivity contribution in [1.82, 2.24) is 4.90 Å². The Balaban J connectivity index is 2.78. The zero-order valence-electron chi connectivity index (χ0n) is 8.21. The number of ether oxygens (including phenoxy) is 1. The van der Waals surface area contributed by atoms with Gasteiger partial charge in [-0.3, -0.25) is 4.79 Å². The fraction of sp³-hybridized carbons (Fsp3) is 0.875. The Kier molecular flexibility index (Phi) is 4.09. The molecule has 0 spiro atoms. The van der Waals surface area contributed by atoms with E-state index in [9.17, 15) is 22.4 Å². The smallest absolute Gasteiger partial charge is 0.383 e. The first-order valence-corrected chi connectivity index (χ1v) is 4.57. The average molecular weight is 245 g/mol. The number of amides is 1. The van der Waals surface area contributed by atoms with E-state index in [1.807, 2.05) is 0 Å². The molecule has 0 radical (unpaired) electrons. The summed E-state index contributed by atoms with van der Waals surface area (Å²) in [6.07, 6.45) is -4.05. The van der Waals surface area contributed by atoms with Crippen LogP contribution in [-0.4, -0.2) is 60.7 Å². The van der Waals surface area contributed by atoms with E-state index in [-0.39, 0.29) is 19.8 Å². The standard InChI is InChI=1S/C8H11F4NO3/c9-6(10)8(11,12)7(15)13-1-2-16-4-5(13)3-14/h5-6,14H,1-4H2. The summed E-state index contributed by atoms with van der Waals surface area (Å²) in [4.78, 5) is 11.7. The van der Waals surface area contributed by atoms with E-state index in [2.05, 4.69) is 0 Å². The van der Waals surface area contributed by atoms with Crippen molar-refractivity contribution in [3.8, 4) is 0 Å². The number of carbonyl (C=O) groups is 1. The highest BCUT2D eigenvalue weighted by Crippen LogP contribution is 2.26.